The van der Waals surface area contributed by atoms with Crippen LogP contribution in [0, 0.1) is 6.92 Å². The van der Waals surface area contributed by atoms with E-state index in [2.05, 4.69) is 31.3 Å². The highest BCUT2D eigenvalue weighted by molar-refractivity contribution is 5.80. The fourth-order valence-electron chi connectivity index (χ4n) is 2.97. The smallest absolute Gasteiger partial charge is 0.227 e. The van der Waals surface area contributed by atoms with E-state index in [0.717, 1.165) is 40.0 Å². The van der Waals surface area contributed by atoms with Crippen LogP contribution < -0.4 is 10.1 Å². The lowest BCUT2D eigenvalue weighted by Gasteiger charge is -2.07. The average molecular weight is 359 g/mol. The molecule has 0 saturated heterocycles. The number of hydrogen-bond acceptors (Lipinski definition) is 5. The van der Waals surface area contributed by atoms with Crippen molar-refractivity contribution in [3.05, 3.63) is 71.8 Å². The number of rotatable bonds is 6. The van der Waals surface area contributed by atoms with Crippen LogP contribution in [0.2, 0.25) is 0 Å². The van der Waals surface area contributed by atoms with Crippen LogP contribution in [0.3, 0.4) is 0 Å². The third-order valence-corrected chi connectivity index (χ3v) is 4.27. The number of nitrogens with zero attached hydrogens (tertiary/aromatic N) is 3. The van der Waals surface area contributed by atoms with Gasteiger partial charge in [-0.3, -0.25) is 0 Å². The number of hydrogen-bond donors (Lipinski definition) is 2. The summed E-state index contributed by atoms with van der Waals surface area (Å²) < 4.78 is 5.45. The predicted octanol–water partition coefficient (Wildman–Crippen LogP) is 4.39. The lowest BCUT2D eigenvalue weighted by atomic mass is 10.1. The van der Waals surface area contributed by atoms with E-state index < -0.39 is 0 Å². The van der Waals surface area contributed by atoms with E-state index in [-0.39, 0.29) is 0 Å². The largest absolute Gasteiger partial charge is 0.494 e. The number of nitrogens with one attached hydrogen (secondary N) is 2. The standard InChI is InChI=1S/C21H21N5O/c1-3-27-18-6-4-17(5-7-18)26-21-24-11-15(12-25-21)9-16-13-23-20-19(16)8-14(2)10-22-20/h4-8,10-13H,3,9H2,1-2H3,(H,22,23)(H,24,25,26). The SMILES string of the molecule is CCOc1ccc(Nc2ncc(Cc3c[nH]c4ncc(C)cc34)cn2)cc1. The molecule has 0 aliphatic carbocycles. The molecular weight excluding hydrogens is 338 g/mol. The Hall–Kier alpha value is -3.41. The minimum absolute atomic E-state index is 0.569. The van der Waals surface area contributed by atoms with Crippen molar-refractivity contribution in [2.45, 2.75) is 20.3 Å². The van der Waals surface area contributed by atoms with Crippen LogP contribution in [-0.4, -0.2) is 26.5 Å². The first-order valence-electron chi connectivity index (χ1n) is 8.94. The summed E-state index contributed by atoms with van der Waals surface area (Å²) in [5, 5.41) is 4.35. The van der Waals surface area contributed by atoms with Gasteiger partial charge in [0.1, 0.15) is 11.4 Å². The first kappa shape index (κ1) is 17.0. The second kappa shape index (κ2) is 7.45. The molecule has 0 aliphatic rings. The van der Waals surface area contributed by atoms with Crippen molar-refractivity contribution in [2.75, 3.05) is 11.9 Å². The zero-order valence-corrected chi connectivity index (χ0v) is 15.4. The highest BCUT2D eigenvalue weighted by atomic mass is 16.5. The first-order valence-corrected chi connectivity index (χ1v) is 8.94. The molecular formula is C21H21N5O. The Morgan fingerprint density at radius 3 is 2.56 bits per heavy atom. The van der Waals surface area contributed by atoms with Gasteiger partial charge in [0.2, 0.25) is 5.95 Å². The number of benzene rings is 1. The Morgan fingerprint density at radius 1 is 1.04 bits per heavy atom. The normalized spacial score (nSPS) is 10.9. The molecule has 0 unspecified atom stereocenters. The zero-order valence-electron chi connectivity index (χ0n) is 15.4. The molecule has 0 atom stereocenters. The monoisotopic (exact) mass is 359 g/mol. The third-order valence-electron chi connectivity index (χ3n) is 4.27. The molecule has 0 bridgehead atoms. The van der Waals surface area contributed by atoms with Gasteiger partial charge in [-0.05, 0) is 60.9 Å². The Labute approximate surface area is 157 Å². The van der Waals surface area contributed by atoms with Gasteiger partial charge < -0.3 is 15.0 Å². The van der Waals surface area contributed by atoms with Crippen molar-refractivity contribution < 1.29 is 4.74 Å². The Kier molecular flexibility index (Phi) is 4.70. The zero-order chi connectivity index (χ0) is 18.6. The van der Waals surface area contributed by atoms with Gasteiger partial charge in [0.25, 0.3) is 0 Å². The summed E-state index contributed by atoms with van der Waals surface area (Å²) in [6, 6.07) is 9.89. The summed E-state index contributed by atoms with van der Waals surface area (Å²) in [6.45, 7) is 4.67. The molecule has 4 rings (SSSR count). The van der Waals surface area contributed by atoms with E-state index in [0.29, 0.717) is 12.6 Å². The lowest BCUT2D eigenvalue weighted by molar-refractivity contribution is 0.340. The molecule has 3 heterocycles. The summed E-state index contributed by atoms with van der Waals surface area (Å²) in [4.78, 5) is 16.5. The van der Waals surface area contributed by atoms with Gasteiger partial charge in [-0.15, -0.1) is 0 Å². The van der Waals surface area contributed by atoms with Gasteiger partial charge in [-0.25, -0.2) is 15.0 Å². The number of aromatic amines is 1. The number of fused-ring (bicyclic) bond motifs is 1. The molecule has 0 radical (unpaired) electrons. The van der Waals surface area contributed by atoms with Gasteiger partial charge >= 0.3 is 0 Å². The van der Waals surface area contributed by atoms with E-state index in [1.165, 1.54) is 5.56 Å². The van der Waals surface area contributed by atoms with Crippen LogP contribution >= 0.6 is 0 Å². The molecule has 0 amide bonds. The molecule has 6 heteroatoms. The van der Waals surface area contributed by atoms with E-state index in [9.17, 15) is 0 Å². The Bertz CT molecular complexity index is 1040. The molecule has 6 nitrogen and oxygen atoms in total. The molecule has 27 heavy (non-hydrogen) atoms. The summed E-state index contributed by atoms with van der Waals surface area (Å²) >= 11 is 0. The van der Waals surface area contributed by atoms with Crippen molar-refractivity contribution in [2.24, 2.45) is 0 Å². The fraction of sp³-hybridized carbons (Fsp3) is 0.190. The van der Waals surface area contributed by atoms with Crippen LogP contribution in [-0.2, 0) is 6.42 Å². The van der Waals surface area contributed by atoms with E-state index in [1.54, 1.807) is 0 Å². The number of anilines is 2. The molecule has 1 aromatic carbocycles. The first-order chi connectivity index (χ1) is 13.2. The Balaban J connectivity index is 1.46. The van der Waals surface area contributed by atoms with Gasteiger partial charge in [0.15, 0.2) is 0 Å². The molecule has 4 aromatic rings. The topological polar surface area (TPSA) is 75.7 Å². The second-order valence-electron chi connectivity index (χ2n) is 6.40. The van der Waals surface area contributed by atoms with Gasteiger partial charge in [-0.2, -0.15) is 0 Å². The maximum absolute atomic E-state index is 5.45. The van der Waals surface area contributed by atoms with Gasteiger partial charge in [0.05, 0.1) is 6.61 Å². The molecule has 0 spiro atoms. The van der Waals surface area contributed by atoms with Gasteiger partial charge in [0, 0.05) is 42.3 Å². The molecule has 3 aromatic heterocycles. The molecule has 0 saturated carbocycles. The minimum Gasteiger partial charge on any atom is -0.494 e. The highest BCUT2D eigenvalue weighted by Gasteiger charge is 2.07. The van der Waals surface area contributed by atoms with Crippen molar-refractivity contribution >= 4 is 22.7 Å². The van der Waals surface area contributed by atoms with Crippen LogP contribution in [0.25, 0.3) is 11.0 Å². The van der Waals surface area contributed by atoms with Gasteiger partial charge in [-0.1, -0.05) is 0 Å². The lowest BCUT2D eigenvalue weighted by Crippen LogP contribution is -1.99. The van der Waals surface area contributed by atoms with Crippen LogP contribution in [0.4, 0.5) is 11.6 Å². The number of pyridine rings is 1. The molecule has 0 aliphatic heterocycles. The minimum atomic E-state index is 0.569. The molecule has 0 fully saturated rings. The number of ether oxygens (including phenoxy) is 1. The Morgan fingerprint density at radius 2 is 1.81 bits per heavy atom. The van der Waals surface area contributed by atoms with Crippen molar-refractivity contribution in [3.8, 4) is 5.75 Å². The van der Waals surface area contributed by atoms with Crippen molar-refractivity contribution in [1.82, 2.24) is 19.9 Å². The predicted molar refractivity (Wildman–Crippen MR) is 107 cm³/mol. The summed E-state index contributed by atoms with van der Waals surface area (Å²) in [7, 11) is 0. The highest BCUT2D eigenvalue weighted by Crippen LogP contribution is 2.21. The van der Waals surface area contributed by atoms with E-state index in [1.807, 2.05) is 62.9 Å². The summed E-state index contributed by atoms with van der Waals surface area (Å²) in [6.07, 6.45) is 8.34. The molecule has 2 N–H and O–H groups in total. The number of aryl methyl sites for hydroxylation is 1. The fourth-order valence-corrected chi connectivity index (χ4v) is 2.97. The van der Waals surface area contributed by atoms with E-state index >= 15 is 0 Å². The molecule has 136 valence electrons. The van der Waals surface area contributed by atoms with Crippen LogP contribution in [0.15, 0.2) is 55.1 Å². The maximum Gasteiger partial charge on any atom is 0.227 e. The quantitative estimate of drug-likeness (QED) is 0.534. The van der Waals surface area contributed by atoms with Crippen LogP contribution in [0.1, 0.15) is 23.6 Å². The summed E-state index contributed by atoms with van der Waals surface area (Å²) in [5.41, 5.74) is 5.22. The van der Waals surface area contributed by atoms with E-state index in [4.69, 9.17) is 4.74 Å². The second-order valence-corrected chi connectivity index (χ2v) is 6.40. The third kappa shape index (κ3) is 3.89. The van der Waals surface area contributed by atoms with Crippen LogP contribution in [0.5, 0.6) is 5.75 Å². The maximum atomic E-state index is 5.45. The number of H-pyrrole nitrogens is 1. The van der Waals surface area contributed by atoms with Crippen molar-refractivity contribution in [1.29, 1.82) is 0 Å². The van der Waals surface area contributed by atoms with Crippen molar-refractivity contribution in [3.63, 3.8) is 0 Å². The average Bonchev–Trinajstić information content (AvgIpc) is 3.07. The number of aromatic nitrogens is 4. The summed E-state index contributed by atoms with van der Waals surface area (Å²) in [5.74, 6) is 1.42.